The Kier molecular flexibility index (Phi) is 6.30. The van der Waals surface area contributed by atoms with Crippen molar-refractivity contribution in [3.8, 4) is 0 Å². The quantitative estimate of drug-likeness (QED) is 0.872. The summed E-state index contributed by atoms with van der Waals surface area (Å²) in [6.45, 7) is 2.56. The van der Waals surface area contributed by atoms with E-state index in [0.717, 1.165) is 13.1 Å². The Morgan fingerprint density at radius 2 is 1.86 bits per heavy atom. The van der Waals surface area contributed by atoms with Crippen molar-refractivity contribution in [1.29, 1.82) is 0 Å². The van der Waals surface area contributed by atoms with Crippen LogP contribution >= 0.6 is 23.2 Å². The highest BCUT2D eigenvalue weighted by molar-refractivity contribution is 6.39. The van der Waals surface area contributed by atoms with Gasteiger partial charge in [0, 0.05) is 6.54 Å². The van der Waals surface area contributed by atoms with Gasteiger partial charge in [0.1, 0.15) is 0 Å². The molecule has 1 heterocycles. The van der Waals surface area contributed by atoms with Crippen LogP contribution in [0.25, 0.3) is 0 Å². The molecule has 21 heavy (non-hydrogen) atoms. The Balaban J connectivity index is 1.99. The molecule has 1 saturated heterocycles. The van der Waals surface area contributed by atoms with Gasteiger partial charge in [-0.1, -0.05) is 35.7 Å². The first-order valence-corrected chi connectivity index (χ1v) is 7.95. The van der Waals surface area contributed by atoms with E-state index in [2.05, 4.69) is 10.2 Å². The molecule has 4 nitrogen and oxygen atoms in total. The number of nitrogens with zero attached hydrogens (tertiary/aromatic N) is 1. The molecule has 1 amide bonds. The molecule has 2 rings (SSSR count). The van der Waals surface area contributed by atoms with E-state index >= 15 is 0 Å². The minimum atomic E-state index is -0.346. The molecule has 0 spiro atoms. The number of aliphatic hydroxyl groups excluding tert-OH is 1. The summed E-state index contributed by atoms with van der Waals surface area (Å²) >= 11 is 12.0. The van der Waals surface area contributed by atoms with Gasteiger partial charge in [0.05, 0.1) is 28.3 Å². The fourth-order valence-electron chi connectivity index (χ4n) is 2.57. The van der Waals surface area contributed by atoms with E-state index in [1.54, 1.807) is 18.2 Å². The van der Waals surface area contributed by atoms with Gasteiger partial charge in [-0.3, -0.25) is 4.79 Å². The highest BCUT2D eigenvalue weighted by Gasteiger charge is 2.21. The maximum atomic E-state index is 12.3. The summed E-state index contributed by atoms with van der Waals surface area (Å²) in [5.41, 5.74) is 0.262. The van der Waals surface area contributed by atoms with Crippen LogP contribution < -0.4 is 5.32 Å². The Morgan fingerprint density at radius 3 is 2.43 bits per heavy atom. The molecule has 0 aromatic heterocycles. The highest BCUT2D eigenvalue weighted by Crippen LogP contribution is 2.24. The number of amides is 1. The number of aliphatic hydroxyl groups is 1. The third-order valence-electron chi connectivity index (χ3n) is 3.67. The second kappa shape index (κ2) is 7.99. The van der Waals surface area contributed by atoms with E-state index in [0.29, 0.717) is 16.6 Å². The Bertz CT molecular complexity index is 470. The number of benzene rings is 1. The SMILES string of the molecule is O=C(NC(CO)CN1CCCCC1)c1c(Cl)cccc1Cl. The van der Waals surface area contributed by atoms with E-state index in [1.807, 2.05) is 0 Å². The lowest BCUT2D eigenvalue weighted by molar-refractivity contribution is 0.0886. The monoisotopic (exact) mass is 330 g/mol. The molecule has 1 aliphatic heterocycles. The van der Waals surface area contributed by atoms with Crippen LogP contribution in [0, 0.1) is 0 Å². The van der Waals surface area contributed by atoms with Gasteiger partial charge in [0.2, 0.25) is 0 Å². The van der Waals surface area contributed by atoms with Crippen molar-refractivity contribution < 1.29 is 9.90 Å². The van der Waals surface area contributed by atoms with Gasteiger partial charge in [0.25, 0.3) is 5.91 Å². The summed E-state index contributed by atoms with van der Waals surface area (Å²) in [6, 6.07) is 4.63. The Hall–Kier alpha value is -0.810. The zero-order valence-electron chi connectivity index (χ0n) is 11.8. The number of hydrogen-bond donors (Lipinski definition) is 2. The summed E-state index contributed by atoms with van der Waals surface area (Å²) in [7, 11) is 0. The summed E-state index contributed by atoms with van der Waals surface area (Å²) < 4.78 is 0. The van der Waals surface area contributed by atoms with Gasteiger partial charge in [-0.2, -0.15) is 0 Å². The van der Waals surface area contributed by atoms with Gasteiger partial charge in [0.15, 0.2) is 0 Å². The molecule has 0 aliphatic carbocycles. The fourth-order valence-corrected chi connectivity index (χ4v) is 3.14. The minimum absolute atomic E-state index is 0.107. The number of carbonyl (C=O) groups excluding carboxylic acids is 1. The second-order valence-electron chi connectivity index (χ2n) is 5.31. The van der Waals surface area contributed by atoms with Crippen molar-refractivity contribution in [2.75, 3.05) is 26.2 Å². The van der Waals surface area contributed by atoms with Crippen LogP contribution in [-0.2, 0) is 0 Å². The van der Waals surface area contributed by atoms with Crippen molar-refractivity contribution in [2.24, 2.45) is 0 Å². The number of halogens is 2. The van der Waals surface area contributed by atoms with Crippen LogP contribution in [0.3, 0.4) is 0 Å². The third kappa shape index (κ3) is 4.58. The molecule has 2 N–H and O–H groups in total. The molecule has 116 valence electrons. The number of carbonyl (C=O) groups is 1. The summed E-state index contributed by atoms with van der Waals surface area (Å²) in [5.74, 6) is -0.346. The van der Waals surface area contributed by atoms with Crippen molar-refractivity contribution in [1.82, 2.24) is 10.2 Å². The second-order valence-corrected chi connectivity index (χ2v) is 6.13. The molecule has 1 aliphatic rings. The van der Waals surface area contributed by atoms with Gasteiger partial charge in [-0.25, -0.2) is 0 Å². The molecular formula is C15H20Cl2N2O2. The lowest BCUT2D eigenvalue weighted by Crippen LogP contribution is -2.47. The van der Waals surface area contributed by atoms with Crippen molar-refractivity contribution in [3.63, 3.8) is 0 Å². The highest BCUT2D eigenvalue weighted by atomic mass is 35.5. The molecule has 1 atom stereocenters. The standard InChI is InChI=1S/C15H20Cl2N2O2/c16-12-5-4-6-13(17)14(12)15(21)18-11(10-20)9-19-7-2-1-3-8-19/h4-6,11,20H,1-3,7-10H2,(H,18,21). The average molecular weight is 331 g/mol. The summed E-state index contributed by atoms with van der Waals surface area (Å²) in [6.07, 6.45) is 3.59. The van der Waals surface area contributed by atoms with Crippen molar-refractivity contribution in [3.05, 3.63) is 33.8 Å². The van der Waals surface area contributed by atoms with Crippen LogP contribution in [-0.4, -0.2) is 48.2 Å². The predicted octanol–water partition coefficient (Wildman–Crippen LogP) is 2.57. The average Bonchev–Trinajstić information content (AvgIpc) is 2.47. The van der Waals surface area contributed by atoms with Crippen LogP contribution in [0.5, 0.6) is 0 Å². The van der Waals surface area contributed by atoms with E-state index in [9.17, 15) is 9.90 Å². The molecule has 0 bridgehead atoms. The van der Waals surface area contributed by atoms with E-state index in [4.69, 9.17) is 23.2 Å². The minimum Gasteiger partial charge on any atom is -0.394 e. The van der Waals surface area contributed by atoms with Gasteiger partial charge < -0.3 is 15.3 Å². The zero-order chi connectivity index (χ0) is 15.2. The first kappa shape index (κ1) is 16.6. The predicted molar refractivity (Wildman–Crippen MR) is 85.1 cm³/mol. The van der Waals surface area contributed by atoms with E-state index in [1.165, 1.54) is 19.3 Å². The Labute approximate surface area is 135 Å². The van der Waals surface area contributed by atoms with Gasteiger partial charge >= 0.3 is 0 Å². The number of hydrogen-bond acceptors (Lipinski definition) is 3. The largest absolute Gasteiger partial charge is 0.394 e. The molecule has 1 aromatic rings. The number of likely N-dealkylation sites (tertiary alicyclic amines) is 1. The Morgan fingerprint density at radius 1 is 1.24 bits per heavy atom. The number of nitrogens with one attached hydrogen (secondary N) is 1. The number of piperidine rings is 1. The first-order valence-electron chi connectivity index (χ1n) is 7.20. The molecule has 1 fully saturated rings. The zero-order valence-corrected chi connectivity index (χ0v) is 13.3. The molecule has 6 heteroatoms. The van der Waals surface area contributed by atoms with Crippen LogP contribution in [0.2, 0.25) is 10.0 Å². The maximum absolute atomic E-state index is 12.3. The third-order valence-corrected chi connectivity index (χ3v) is 4.30. The van der Waals surface area contributed by atoms with E-state index < -0.39 is 0 Å². The normalized spacial score (nSPS) is 17.5. The van der Waals surface area contributed by atoms with Crippen LogP contribution in [0.15, 0.2) is 18.2 Å². The van der Waals surface area contributed by atoms with Gasteiger partial charge in [-0.05, 0) is 38.1 Å². The lowest BCUT2D eigenvalue weighted by Gasteiger charge is -2.30. The van der Waals surface area contributed by atoms with Crippen LogP contribution in [0.4, 0.5) is 0 Å². The lowest BCUT2D eigenvalue weighted by atomic mass is 10.1. The fraction of sp³-hybridized carbons (Fsp3) is 0.533. The molecular weight excluding hydrogens is 311 g/mol. The number of rotatable bonds is 5. The maximum Gasteiger partial charge on any atom is 0.254 e. The first-order chi connectivity index (χ1) is 10.1. The molecule has 1 unspecified atom stereocenters. The topological polar surface area (TPSA) is 52.6 Å². The molecule has 1 aromatic carbocycles. The van der Waals surface area contributed by atoms with Crippen molar-refractivity contribution >= 4 is 29.1 Å². The molecule has 0 saturated carbocycles. The summed E-state index contributed by atoms with van der Waals surface area (Å²) in [5, 5.41) is 12.9. The smallest absolute Gasteiger partial charge is 0.254 e. The van der Waals surface area contributed by atoms with Gasteiger partial charge in [-0.15, -0.1) is 0 Å². The van der Waals surface area contributed by atoms with Crippen molar-refractivity contribution in [2.45, 2.75) is 25.3 Å². The van der Waals surface area contributed by atoms with E-state index in [-0.39, 0.29) is 24.1 Å². The summed E-state index contributed by atoms with van der Waals surface area (Å²) in [4.78, 5) is 14.6. The van der Waals surface area contributed by atoms with Crippen LogP contribution in [0.1, 0.15) is 29.6 Å². The molecule has 0 radical (unpaired) electrons.